The molecule has 0 aliphatic rings. The summed E-state index contributed by atoms with van der Waals surface area (Å²) in [6.45, 7) is 6.21. The van der Waals surface area contributed by atoms with Crippen molar-refractivity contribution in [2.24, 2.45) is 0 Å². The smallest absolute Gasteiger partial charge is 0.181 e. The number of sulfone groups is 2. The van der Waals surface area contributed by atoms with Crippen molar-refractivity contribution in [2.45, 2.75) is 48.0 Å². The highest BCUT2D eigenvalue weighted by Crippen LogP contribution is 2.21. The quantitative estimate of drug-likeness (QED) is 0.848. The Kier molecular flexibility index (Phi) is 4.23. The molecule has 0 unspecified atom stereocenters. The minimum absolute atomic E-state index is 0.0236. The number of hydrogen-bond acceptors (Lipinski definition) is 4. The zero-order valence-electron chi connectivity index (χ0n) is 10.8. The van der Waals surface area contributed by atoms with E-state index in [-0.39, 0.29) is 9.79 Å². The van der Waals surface area contributed by atoms with Crippen LogP contribution in [0, 0.1) is 6.07 Å². The van der Waals surface area contributed by atoms with Crippen LogP contribution in [0.4, 0.5) is 0 Å². The van der Waals surface area contributed by atoms with Gasteiger partial charge in [0.2, 0.25) is 0 Å². The highest BCUT2D eigenvalue weighted by atomic mass is 32.2. The van der Waals surface area contributed by atoms with E-state index in [1.165, 1.54) is 18.2 Å². The lowest BCUT2D eigenvalue weighted by Crippen LogP contribution is -2.17. The van der Waals surface area contributed by atoms with Crippen LogP contribution in [0.3, 0.4) is 0 Å². The highest BCUT2D eigenvalue weighted by molar-refractivity contribution is 7.92. The highest BCUT2D eigenvalue weighted by Gasteiger charge is 2.24. The van der Waals surface area contributed by atoms with Gasteiger partial charge in [0, 0.05) is 6.07 Å². The minimum Gasteiger partial charge on any atom is -0.223 e. The summed E-state index contributed by atoms with van der Waals surface area (Å²) in [6, 6.07) is 6.48. The van der Waals surface area contributed by atoms with Crippen LogP contribution in [-0.2, 0) is 19.7 Å². The van der Waals surface area contributed by atoms with Gasteiger partial charge < -0.3 is 0 Å². The van der Waals surface area contributed by atoms with Crippen molar-refractivity contribution in [1.82, 2.24) is 0 Å². The molecule has 0 heterocycles. The Morgan fingerprint density at radius 1 is 0.944 bits per heavy atom. The molecule has 1 aromatic carbocycles. The van der Waals surface area contributed by atoms with Crippen LogP contribution < -0.4 is 0 Å². The van der Waals surface area contributed by atoms with Gasteiger partial charge >= 0.3 is 0 Å². The van der Waals surface area contributed by atoms with Crippen molar-refractivity contribution < 1.29 is 16.8 Å². The zero-order chi connectivity index (χ0) is 14.1. The second-order valence-electron chi connectivity index (χ2n) is 4.58. The van der Waals surface area contributed by atoms with E-state index in [1.54, 1.807) is 27.7 Å². The number of benzene rings is 1. The summed E-state index contributed by atoms with van der Waals surface area (Å²) in [4.78, 5) is -0.0466. The summed E-state index contributed by atoms with van der Waals surface area (Å²) in [6.07, 6.45) is 0. The van der Waals surface area contributed by atoms with E-state index in [0.717, 1.165) is 0 Å². The predicted molar refractivity (Wildman–Crippen MR) is 69.9 cm³/mol. The van der Waals surface area contributed by atoms with Crippen LogP contribution in [-0.4, -0.2) is 27.3 Å². The first-order chi connectivity index (χ1) is 8.10. The maximum absolute atomic E-state index is 12.0. The van der Waals surface area contributed by atoms with Gasteiger partial charge in [-0.3, -0.25) is 0 Å². The van der Waals surface area contributed by atoms with Crippen LogP contribution in [0.25, 0.3) is 0 Å². The summed E-state index contributed by atoms with van der Waals surface area (Å²) in [5, 5.41) is -1.19. The van der Waals surface area contributed by atoms with Gasteiger partial charge in [0.15, 0.2) is 19.7 Å². The van der Waals surface area contributed by atoms with Gasteiger partial charge in [0.25, 0.3) is 0 Å². The maximum Gasteiger partial charge on any atom is 0.181 e. The number of rotatable bonds is 4. The molecule has 0 fully saturated rings. The van der Waals surface area contributed by atoms with Gasteiger partial charge in [0.05, 0.1) is 20.3 Å². The number of hydrogen-bond donors (Lipinski definition) is 0. The SMILES string of the molecule is CC(C)S(=O)(=O)c1[c]ccc(S(=O)(=O)C(C)C)c1. The molecule has 0 aliphatic carbocycles. The lowest BCUT2D eigenvalue weighted by molar-refractivity contribution is 0.585. The van der Waals surface area contributed by atoms with Gasteiger partial charge in [0.1, 0.15) is 0 Å². The molecule has 0 aliphatic heterocycles. The van der Waals surface area contributed by atoms with Gasteiger partial charge in [-0.15, -0.1) is 0 Å². The Hall–Kier alpha value is -0.880. The average Bonchev–Trinajstić information content (AvgIpc) is 2.28. The second kappa shape index (κ2) is 5.01. The monoisotopic (exact) mass is 289 g/mol. The lowest BCUT2D eigenvalue weighted by Gasteiger charge is -2.11. The molecular weight excluding hydrogens is 272 g/mol. The summed E-state index contributed by atoms with van der Waals surface area (Å²) >= 11 is 0. The topological polar surface area (TPSA) is 68.3 Å². The minimum atomic E-state index is -3.51. The van der Waals surface area contributed by atoms with Crippen molar-refractivity contribution in [3.63, 3.8) is 0 Å². The molecule has 0 saturated carbocycles. The first-order valence-corrected chi connectivity index (χ1v) is 8.69. The van der Waals surface area contributed by atoms with Gasteiger partial charge in [-0.1, -0.05) is 6.07 Å². The van der Waals surface area contributed by atoms with Crippen LogP contribution >= 0.6 is 0 Å². The van der Waals surface area contributed by atoms with Crippen molar-refractivity contribution in [3.8, 4) is 0 Å². The lowest BCUT2D eigenvalue weighted by atomic mass is 10.4. The van der Waals surface area contributed by atoms with E-state index in [0.29, 0.717) is 0 Å². The molecule has 0 amide bonds. The average molecular weight is 289 g/mol. The second-order valence-corrected chi connectivity index (χ2v) is 9.55. The Bertz CT molecular complexity index is 573. The van der Waals surface area contributed by atoms with Crippen LogP contribution in [0.1, 0.15) is 27.7 Å². The largest absolute Gasteiger partial charge is 0.223 e. The maximum atomic E-state index is 12.0. The van der Waals surface area contributed by atoms with Crippen LogP contribution in [0.5, 0.6) is 0 Å². The first-order valence-electron chi connectivity index (χ1n) is 5.59. The van der Waals surface area contributed by atoms with Crippen molar-refractivity contribution in [1.29, 1.82) is 0 Å². The molecular formula is C12H17O4S2. The van der Waals surface area contributed by atoms with E-state index < -0.39 is 30.2 Å². The predicted octanol–water partition coefficient (Wildman–Crippen LogP) is 1.85. The third-order valence-corrected chi connectivity index (χ3v) is 6.86. The van der Waals surface area contributed by atoms with E-state index in [9.17, 15) is 16.8 Å². The third-order valence-electron chi connectivity index (χ3n) is 2.62. The summed E-state index contributed by atoms with van der Waals surface area (Å²) in [5.41, 5.74) is 0. The Morgan fingerprint density at radius 3 is 1.89 bits per heavy atom. The van der Waals surface area contributed by atoms with E-state index in [1.807, 2.05) is 0 Å². The fourth-order valence-corrected chi connectivity index (χ4v) is 3.48. The molecule has 1 rings (SSSR count). The van der Waals surface area contributed by atoms with Crippen LogP contribution in [0.2, 0.25) is 0 Å². The Labute approximate surface area is 109 Å². The van der Waals surface area contributed by atoms with E-state index >= 15 is 0 Å². The normalized spacial score (nSPS) is 13.2. The molecule has 6 heteroatoms. The van der Waals surface area contributed by atoms with Crippen molar-refractivity contribution in [3.05, 3.63) is 24.3 Å². The van der Waals surface area contributed by atoms with Crippen molar-refractivity contribution in [2.75, 3.05) is 0 Å². The van der Waals surface area contributed by atoms with Gasteiger partial charge in [-0.25, -0.2) is 16.8 Å². The summed E-state index contributed by atoms with van der Waals surface area (Å²) < 4.78 is 47.9. The van der Waals surface area contributed by atoms with Crippen molar-refractivity contribution >= 4 is 19.7 Å². The molecule has 0 bridgehead atoms. The Morgan fingerprint density at radius 2 is 1.44 bits per heavy atom. The molecule has 1 radical (unpaired) electrons. The molecule has 101 valence electrons. The standard InChI is InChI=1S/C12H17O4S2/c1-9(2)17(13,14)11-6-5-7-12(8-11)18(15,16)10(3)4/h5-6,8-10H,1-4H3. The first kappa shape index (κ1) is 15.2. The molecule has 18 heavy (non-hydrogen) atoms. The summed E-state index contributed by atoms with van der Waals surface area (Å²) in [7, 11) is -6.98. The fraction of sp³-hybridized carbons (Fsp3) is 0.500. The molecule has 4 nitrogen and oxygen atoms in total. The molecule has 0 atom stereocenters. The fourth-order valence-electron chi connectivity index (χ4n) is 1.29. The van der Waals surface area contributed by atoms with Gasteiger partial charge in [-0.2, -0.15) is 0 Å². The zero-order valence-corrected chi connectivity index (χ0v) is 12.5. The van der Waals surface area contributed by atoms with E-state index in [4.69, 9.17) is 0 Å². The van der Waals surface area contributed by atoms with Crippen LogP contribution in [0.15, 0.2) is 28.0 Å². The molecule has 1 aromatic rings. The van der Waals surface area contributed by atoms with E-state index in [2.05, 4.69) is 6.07 Å². The Balaban J connectivity index is 3.42. The molecule has 0 N–H and O–H groups in total. The summed E-state index contributed by atoms with van der Waals surface area (Å²) in [5.74, 6) is 0. The molecule has 0 aromatic heterocycles. The molecule has 0 spiro atoms. The molecule has 0 saturated heterocycles. The van der Waals surface area contributed by atoms with Gasteiger partial charge in [-0.05, 0) is 39.8 Å². The third kappa shape index (κ3) is 2.75.